The number of nitrogens with one attached hydrogen (secondary N) is 1. The Labute approximate surface area is 135 Å². The zero-order chi connectivity index (χ0) is 17.4. The van der Waals surface area contributed by atoms with Crippen LogP contribution in [-0.2, 0) is 10.0 Å². The average molecular weight is 407 g/mol. The fraction of sp³-hybridized carbons (Fsp3) is 0.100. The fourth-order valence-corrected chi connectivity index (χ4v) is 3.12. The van der Waals surface area contributed by atoms with Crippen molar-refractivity contribution in [1.82, 2.24) is 14.2 Å². The van der Waals surface area contributed by atoms with E-state index in [-0.39, 0.29) is 9.84 Å². The first-order valence-electron chi connectivity index (χ1n) is 5.65. The van der Waals surface area contributed by atoms with Crippen molar-refractivity contribution in [2.24, 2.45) is 0 Å². The minimum Gasteiger partial charge on any atom is -0.490 e. The Kier molecular flexibility index (Phi) is 4.33. The zero-order valence-corrected chi connectivity index (χ0v) is 13.6. The largest absolute Gasteiger partial charge is 0.490 e. The van der Waals surface area contributed by atoms with Gasteiger partial charge in [-0.2, -0.15) is 8.42 Å². The molecule has 0 unspecified atom stereocenters. The van der Waals surface area contributed by atoms with Crippen LogP contribution in [0.4, 0.5) is 5.69 Å². The lowest BCUT2D eigenvalue weighted by Gasteiger charge is -2.07. The number of H-pyrrole nitrogens is 1. The highest BCUT2D eigenvalue weighted by molar-refractivity contribution is 9.10. The Bertz CT molecular complexity index is 1010. The molecule has 1 N–H and O–H groups in total. The third-order valence-corrected chi connectivity index (χ3v) is 4.70. The number of nitro benzene ring substituents is 1. The molecule has 0 fully saturated rings. The molecule has 0 spiro atoms. The van der Waals surface area contributed by atoms with Gasteiger partial charge in [0.15, 0.2) is 10.4 Å². The molecule has 0 aliphatic carbocycles. The zero-order valence-electron chi connectivity index (χ0n) is 11.2. The molecule has 2 aromatic rings. The first-order valence-corrected chi connectivity index (χ1v) is 7.89. The smallest absolute Gasteiger partial charge is 0.359 e. The SMILES string of the molecule is COc1ccc(S(=O)(=O)n2nc(Br)c(=O)[nH]c2=O)cc1[N+](=O)[O-]. The molecule has 2 rings (SSSR count). The van der Waals surface area contributed by atoms with Crippen molar-refractivity contribution in [1.29, 1.82) is 0 Å². The minimum atomic E-state index is -4.56. The summed E-state index contributed by atoms with van der Waals surface area (Å²) in [4.78, 5) is 34.1. The quantitative estimate of drug-likeness (QED) is 0.542. The average Bonchev–Trinajstić information content (AvgIpc) is 2.49. The number of hydrogen-bond donors (Lipinski definition) is 1. The van der Waals surface area contributed by atoms with Gasteiger partial charge in [-0.25, -0.2) is 4.79 Å². The molecule has 23 heavy (non-hydrogen) atoms. The second-order valence-corrected chi connectivity index (χ2v) is 6.51. The molecule has 0 aliphatic rings. The van der Waals surface area contributed by atoms with E-state index in [1.165, 1.54) is 7.11 Å². The standard InChI is InChI=1S/C10H7BrN4O7S/c1-22-7-3-2-5(4-6(7)15(18)19)23(20,21)14-10(17)12-9(16)8(11)13-14/h2-4H,1H3,(H,12,16,17). The van der Waals surface area contributed by atoms with E-state index in [9.17, 15) is 28.1 Å². The van der Waals surface area contributed by atoms with E-state index in [1.807, 2.05) is 0 Å². The lowest BCUT2D eigenvalue weighted by molar-refractivity contribution is -0.386. The molecule has 1 aromatic carbocycles. The number of nitrogens with zero attached hydrogens (tertiary/aromatic N) is 3. The van der Waals surface area contributed by atoms with Crippen LogP contribution >= 0.6 is 15.9 Å². The van der Waals surface area contributed by atoms with E-state index in [2.05, 4.69) is 21.0 Å². The summed E-state index contributed by atoms with van der Waals surface area (Å²) in [7, 11) is -3.37. The van der Waals surface area contributed by atoms with E-state index in [0.717, 1.165) is 18.2 Å². The molecule has 122 valence electrons. The number of aromatic nitrogens is 3. The molecule has 0 amide bonds. The van der Waals surface area contributed by atoms with Gasteiger partial charge in [-0.1, -0.05) is 4.09 Å². The van der Waals surface area contributed by atoms with Crippen LogP contribution in [-0.4, -0.2) is 34.6 Å². The summed E-state index contributed by atoms with van der Waals surface area (Å²) < 4.78 is 29.1. The summed E-state index contributed by atoms with van der Waals surface area (Å²) in [6.45, 7) is 0. The molecule has 0 radical (unpaired) electrons. The molecule has 11 nitrogen and oxygen atoms in total. The van der Waals surface area contributed by atoms with Gasteiger partial charge in [0, 0.05) is 6.07 Å². The van der Waals surface area contributed by atoms with Crippen molar-refractivity contribution in [2.75, 3.05) is 7.11 Å². The normalized spacial score (nSPS) is 11.2. The van der Waals surface area contributed by atoms with Crippen LogP contribution in [0.15, 0.2) is 37.3 Å². The van der Waals surface area contributed by atoms with Crippen LogP contribution in [0.2, 0.25) is 0 Å². The monoisotopic (exact) mass is 406 g/mol. The van der Waals surface area contributed by atoms with E-state index in [1.54, 1.807) is 4.98 Å². The molecular formula is C10H7BrN4O7S. The fourth-order valence-electron chi connectivity index (χ4n) is 1.60. The first kappa shape index (κ1) is 16.8. The highest BCUT2D eigenvalue weighted by Crippen LogP contribution is 2.29. The molecule has 0 saturated carbocycles. The van der Waals surface area contributed by atoms with Crippen LogP contribution in [0.3, 0.4) is 0 Å². The maximum Gasteiger partial charge on any atom is 0.359 e. The molecule has 13 heteroatoms. The van der Waals surface area contributed by atoms with Crippen LogP contribution in [0.5, 0.6) is 5.75 Å². The van der Waals surface area contributed by atoms with Crippen molar-refractivity contribution in [3.8, 4) is 5.75 Å². The van der Waals surface area contributed by atoms with Crippen molar-refractivity contribution in [3.63, 3.8) is 0 Å². The molecular weight excluding hydrogens is 400 g/mol. The van der Waals surface area contributed by atoms with Crippen LogP contribution in [0, 0.1) is 10.1 Å². The Hall–Kier alpha value is -2.54. The highest BCUT2D eigenvalue weighted by atomic mass is 79.9. The number of aromatic amines is 1. The predicted octanol–water partition coefficient (Wildman–Crippen LogP) is -0.152. The summed E-state index contributed by atoms with van der Waals surface area (Å²) in [6, 6.07) is 2.80. The summed E-state index contributed by atoms with van der Waals surface area (Å²) in [5, 5.41) is 14.3. The second kappa shape index (κ2) is 5.92. The van der Waals surface area contributed by atoms with Crippen LogP contribution in [0.1, 0.15) is 0 Å². The van der Waals surface area contributed by atoms with Crippen molar-refractivity contribution in [3.05, 3.63) is 53.8 Å². The minimum absolute atomic E-state index is 0.0179. The first-order chi connectivity index (χ1) is 10.7. The van der Waals surface area contributed by atoms with Crippen molar-refractivity contribution >= 4 is 31.6 Å². The van der Waals surface area contributed by atoms with Crippen LogP contribution in [0.25, 0.3) is 0 Å². The number of methoxy groups -OCH3 is 1. The van der Waals surface area contributed by atoms with Gasteiger partial charge in [0.2, 0.25) is 0 Å². The van der Waals surface area contributed by atoms with Crippen LogP contribution < -0.4 is 16.0 Å². The lowest BCUT2D eigenvalue weighted by Crippen LogP contribution is -2.37. The number of benzene rings is 1. The molecule has 1 aromatic heterocycles. The van der Waals surface area contributed by atoms with Gasteiger partial charge in [0.1, 0.15) is 0 Å². The Balaban J connectivity index is 2.73. The van der Waals surface area contributed by atoms with Gasteiger partial charge < -0.3 is 4.74 Å². The lowest BCUT2D eigenvalue weighted by atomic mass is 10.3. The third kappa shape index (κ3) is 3.00. The number of rotatable bonds is 4. The summed E-state index contributed by atoms with van der Waals surface area (Å²) in [5.41, 5.74) is -2.83. The Morgan fingerprint density at radius 3 is 2.61 bits per heavy atom. The number of ether oxygens (including phenoxy) is 1. The van der Waals surface area contributed by atoms with Gasteiger partial charge in [0.05, 0.1) is 16.9 Å². The predicted molar refractivity (Wildman–Crippen MR) is 79.0 cm³/mol. The summed E-state index contributed by atoms with van der Waals surface area (Å²) in [5.74, 6) is -0.156. The molecule has 0 atom stereocenters. The molecule has 0 saturated heterocycles. The van der Waals surface area contributed by atoms with E-state index < -0.39 is 41.4 Å². The Morgan fingerprint density at radius 1 is 1.39 bits per heavy atom. The van der Waals surface area contributed by atoms with E-state index in [4.69, 9.17) is 4.74 Å². The number of hydrogen-bond acceptors (Lipinski definition) is 8. The topological polar surface area (TPSA) is 154 Å². The Morgan fingerprint density at radius 2 is 2.04 bits per heavy atom. The van der Waals surface area contributed by atoms with Gasteiger partial charge in [0.25, 0.3) is 15.6 Å². The summed E-state index contributed by atoms with van der Waals surface area (Å²) in [6.07, 6.45) is 0. The van der Waals surface area contributed by atoms with Gasteiger partial charge in [-0.3, -0.25) is 19.9 Å². The molecule has 0 aliphatic heterocycles. The molecule has 1 heterocycles. The maximum absolute atomic E-state index is 12.4. The number of halogens is 1. The maximum atomic E-state index is 12.4. The highest BCUT2D eigenvalue weighted by Gasteiger charge is 2.26. The molecule has 0 bridgehead atoms. The van der Waals surface area contributed by atoms with Crippen molar-refractivity contribution in [2.45, 2.75) is 4.90 Å². The third-order valence-electron chi connectivity index (χ3n) is 2.63. The second-order valence-electron chi connectivity index (χ2n) is 3.99. The summed E-state index contributed by atoms with van der Waals surface area (Å²) >= 11 is 2.70. The van der Waals surface area contributed by atoms with E-state index in [0.29, 0.717) is 0 Å². The van der Waals surface area contributed by atoms with E-state index >= 15 is 0 Å². The number of nitro groups is 1. The van der Waals surface area contributed by atoms with Gasteiger partial charge in [-0.15, -0.1) is 5.10 Å². The van der Waals surface area contributed by atoms with Gasteiger partial charge >= 0.3 is 11.4 Å². The van der Waals surface area contributed by atoms with Gasteiger partial charge in [-0.05, 0) is 28.1 Å². The van der Waals surface area contributed by atoms with Crippen molar-refractivity contribution < 1.29 is 18.1 Å².